The van der Waals surface area contributed by atoms with Gasteiger partial charge in [-0.05, 0) is 24.1 Å². The highest BCUT2D eigenvalue weighted by atomic mass is 16.5. The molecule has 1 saturated heterocycles. The molecule has 18 heavy (non-hydrogen) atoms. The van der Waals surface area contributed by atoms with E-state index in [4.69, 9.17) is 4.74 Å². The van der Waals surface area contributed by atoms with Gasteiger partial charge in [0, 0.05) is 32.7 Å². The molecule has 1 heterocycles. The molecule has 0 bridgehead atoms. The van der Waals surface area contributed by atoms with Crippen LogP contribution in [0.2, 0.25) is 0 Å². The minimum absolute atomic E-state index is 0.0258. The predicted octanol–water partition coefficient (Wildman–Crippen LogP) is -0.588. The molecule has 0 unspecified atom stereocenters. The van der Waals surface area contributed by atoms with Gasteiger partial charge in [-0.3, -0.25) is 4.90 Å². The normalized spacial score (nSPS) is 17.7. The molecule has 0 saturated carbocycles. The second-order valence-electron chi connectivity index (χ2n) is 4.88. The van der Waals surface area contributed by atoms with Gasteiger partial charge in [-0.25, -0.2) is 0 Å². The average Bonchev–Trinajstić information content (AvgIpc) is 2.41. The van der Waals surface area contributed by atoms with Crippen molar-refractivity contribution >= 4 is 12.9 Å². The summed E-state index contributed by atoms with van der Waals surface area (Å²) in [5.41, 5.74) is 2.09. The number of piperazine rings is 1. The quantitative estimate of drug-likeness (QED) is 0.723. The summed E-state index contributed by atoms with van der Waals surface area (Å²) < 4.78 is 5.30. The molecule has 1 fully saturated rings. The van der Waals surface area contributed by atoms with Gasteiger partial charge < -0.3 is 14.7 Å². The minimum atomic E-state index is 0.0258. The van der Waals surface area contributed by atoms with Crippen LogP contribution in [0.1, 0.15) is 5.56 Å². The number of hydrogen-bond acceptors (Lipinski definition) is 4. The lowest BCUT2D eigenvalue weighted by molar-refractivity contribution is 0.148. The third-order valence-corrected chi connectivity index (χ3v) is 3.52. The van der Waals surface area contributed by atoms with Crippen molar-refractivity contribution in [3.63, 3.8) is 0 Å². The van der Waals surface area contributed by atoms with Crippen LogP contribution < -0.4 is 10.2 Å². The lowest BCUT2D eigenvalue weighted by Gasteiger charge is -2.32. The van der Waals surface area contributed by atoms with E-state index in [0.29, 0.717) is 0 Å². The molecule has 2 rings (SSSR count). The van der Waals surface area contributed by atoms with Crippen LogP contribution in [0.15, 0.2) is 18.2 Å². The van der Waals surface area contributed by atoms with E-state index in [2.05, 4.69) is 22.9 Å². The van der Waals surface area contributed by atoms with Crippen LogP contribution >= 0.6 is 0 Å². The molecule has 0 amide bonds. The number of benzene rings is 1. The molecule has 1 aliphatic heterocycles. The van der Waals surface area contributed by atoms with Crippen molar-refractivity contribution < 1.29 is 9.76 Å². The van der Waals surface area contributed by atoms with Gasteiger partial charge in [0.1, 0.15) is 5.75 Å². The van der Waals surface area contributed by atoms with E-state index in [1.165, 1.54) is 5.56 Å². The molecule has 0 aromatic heterocycles. The number of nitrogens with zero attached hydrogens (tertiary/aromatic N) is 2. The predicted molar refractivity (Wildman–Crippen MR) is 74.8 cm³/mol. The van der Waals surface area contributed by atoms with Crippen LogP contribution in [-0.4, -0.2) is 62.6 Å². The van der Waals surface area contributed by atoms with Gasteiger partial charge in [0.25, 0.3) is 0 Å². The number of methoxy groups -OCH3 is 1. The van der Waals surface area contributed by atoms with E-state index >= 15 is 0 Å². The average molecular weight is 248 g/mol. The van der Waals surface area contributed by atoms with E-state index in [-0.39, 0.29) is 7.48 Å². The molecular weight excluding hydrogens is 227 g/mol. The molecule has 98 valence electrons. The number of ether oxygens (including phenoxy) is 1. The third kappa shape index (κ3) is 3.25. The minimum Gasteiger partial charge on any atom is -0.497 e. The summed E-state index contributed by atoms with van der Waals surface area (Å²) in [6, 6.07) is 6.06. The summed E-state index contributed by atoms with van der Waals surface area (Å²) in [4.78, 5) is 4.80. The van der Waals surface area contributed by atoms with Crippen molar-refractivity contribution in [2.24, 2.45) is 0 Å². The van der Waals surface area contributed by atoms with Crippen molar-refractivity contribution in [3.8, 4) is 5.75 Å². The van der Waals surface area contributed by atoms with Gasteiger partial charge in [-0.2, -0.15) is 0 Å². The molecule has 0 atom stereocenters. The fourth-order valence-corrected chi connectivity index (χ4v) is 2.28. The highest BCUT2D eigenvalue weighted by Crippen LogP contribution is 2.13. The molecule has 0 aliphatic carbocycles. The van der Waals surface area contributed by atoms with Crippen LogP contribution in [-0.2, 0) is 6.54 Å². The maximum atomic E-state index is 9.20. The summed E-state index contributed by atoms with van der Waals surface area (Å²) in [5.74, 6) is 0.782. The van der Waals surface area contributed by atoms with Crippen molar-refractivity contribution in [1.29, 1.82) is 0 Å². The van der Waals surface area contributed by atoms with E-state index in [1.54, 1.807) is 7.11 Å². The van der Waals surface area contributed by atoms with Crippen LogP contribution in [0.4, 0.5) is 0 Å². The van der Waals surface area contributed by atoms with Gasteiger partial charge in [0.15, 0.2) is 0 Å². The van der Waals surface area contributed by atoms with Crippen LogP contribution in [0.25, 0.3) is 0 Å². The standard InChI is InChI=1S/C13H21BN2O2/c1-15-5-7-16(8-6-15)10-11-3-4-12(14-17)13(9-11)18-2/h3-4,9,14,17H,5-8,10H2,1-2H3. The Labute approximate surface area is 109 Å². The first-order valence-electron chi connectivity index (χ1n) is 6.40. The summed E-state index contributed by atoms with van der Waals surface area (Å²) in [6.07, 6.45) is 0. The van der Waals surface area contributed by atoms with E-state index in [9.17, 15) is 5.02 Å². The summed E-state index contributed by atoms with van der Waals surface area (Å²) in [5, 5.41) is 9.20. The smallest absolute Gasteiger partial charge is 0.308 e. The Morgan fingerprint density at radius 3 is 2.61 bits per heavy atom. The lowest BCUT2D eigenvalue weighted by atomic mass is 9.87. The molecule has 4 nitrogen and oxygen atoms in total. The first kappa shape index (κ1) is 13.4. The largest absolute Gasteiger partial charge is 0.497 e. The Bertz CT molecular complexity index is 393. The zero-order valence-corrected chi connectivity index (χ0v) is 11.2. The Morgan fingerprint density at radius 2 is 2.00 bits per heavy atom. The van der Waals surface area contributed by atoms with Crippen LogP contribution in [0.3, 0.4) is 0 Å². The van der Waals surface area contributed by atoms with E-state index in [0.717, 1.165) is 43.9 Å². The van der Waals surface area contributed by atoms with Gasteiger partial charge in [-0.15, -0.1) is 0 Å². The maximum Gasteiger partial charge on any atom is 0.308 e. The Morgan fingerprint density at radius 1 is 1.28 bits per heavy atom. The Kier molecular flexibility index (Phi) is 4.63. The molecule has 5 heteroatoms. The van der Waals surface area contributed by atoms with Crippen molar-refractivity contribution in [1.82, 2.24) is 9.80 Å². The van der Waals surface area contributed by atoms with Gasteiger partial charge >= 0.3 is 7.48 Å². The Hall–Kier alpha value is -1.04. The number of hydrogen-bond donors (Lipinski definition) is 1. The van der Waals surface area contributed by atoms with Gasteiger partial charge in [0.05, 0.1) is 7.11 Å². The molecule has 1 N–H and O–H groups in total. The maximum absolute atomic E-state index is 9.20. The second-order valence-corrected chi connectivity index (χ2v) is 4.88. The lowest BCUT2D eigenvalue weighted by Crippen LogP contribution is -2.43. The molecule has 1 aliphatic rings. The summed E-state index contributed by atoms with van der Waals surface area (Å²) >= 11 is 0. The summed E-state index contributed by atoms with van der Waals surface area (Å²) in [6.45, 7) is 5.44. The number of likely N-dealkylation sites (N-methyl/N-ethyl adjacent to an activating group) is 1. The molecule has 1 aromatic carbocycles. The van der Waals surface area contributed by atoms with Crippen molar-refractivity contribution in [3.05, 3.63) is 23.8 Å². The fourth-order valence-electron chi connectivity index (χ4n) is 2.28. The highest BCUT2D eigenvalue weighted by molar-refractivity contribution is 6.46. The van der Waals surface area contributed by atoms with E-state index in [1.807, 2.05) is 12.1 Å². The SMILES string of the molecule is COc1cc(CN2CCN(C)CC2)ccc1BO. The topological polar surface area (TPSA) is 35.9 Å². The van der Waals surface area contributed by atoms with Crippen molar-refractivity contribution in [2.45, 2.75) is 6.54 Å². The molecular formula is C13H21BN2O2. The highest BCUT2D eigenvalue weighted by Gasteiger charge is 2.14. The zero-order valence-electron chi connectivity index (χ0n) is 11.2. The first-order valence-corrected chi connectivity index (χ1v) is 6.40. The van der Waals surface area contributed by atoms with Gasteiger partial charge in [0.2, 0.25) is 0 Å². The fraction of sp³-hybridized carbons (Fsp3) is 0.538. The number of rotatable bonds is 4. The Balaban J connectivity index is 2.01. The third-order valence-electron chi connectivity index (χ3n) is 3.52. The molecule has 1 aromatic rings. The first-order chi connectivity index (χ1) is 8.72. The van der Waals surface area contributed by atoms with Gasteiger partial charge in [-0.1, -0.05) is 12.1 Å². The zero-order chi connectivity index (χ0) is 13.0. The molecule has 0 radical (unpaired) electrons. The van der Waals surface area contributed by atoms with Crippen LogP contribution in [0.5, 0.6) is 5.75 Å². The van der Waals surface area contributed by atoms with E-state index < -0.39 is 0 Å². The second kappa shape index (κ2) is 6.23. The van der Waals surface area contributed by atoms with Crippen molar-refractivity contribution in [2.75, 3.05) is 40.3 Å². The van der Waals surface area contributed by atoms with Crippen LogP contribution in [0, 0.1) is 0 Å². The monoisotopic (exact) mass is 248 g/mol. The summed E-state index contributed by atoms with van der Waals surface area (Å²) in [7, 11) is 3.84. The molecule has 0 spiro atoms.